The molecule has 0 spiro atoms. The van der Waals surface area contributed by atoms with Gasteiger partial charge in [-0.15, -0.1) is 0 Å². The summed E-state index contributed by atoms with van der Waals surface area (Å²) in [5.74, 6) is 0. The molecule has 0 aromatic rings. The lowest BCUT2D eigenvalue weighted by Crippen LogP contribution is -2.35. The summed E-state index contributed by atoms with van der Waals surface area (Å²) < 4.78 is 5.17. The maximum absolute atomic E-state index is 11.3. The summed E-state index contributed by atoms with van der Waals surface area (Å²) in [6.07, 6.45) is -0.229. The first-order valence-electron chi connectivity index (χ1n) is 4.18. The van der Waals surface area contributed by atoms with Gasteiger partial charge in [0.1, 0.15) is 5.60 Å². The lowest BCUT2D eigenvalue weighted by Gasteiger charge is -2.23. The molecule has 4 nitrogen and oxygen atoms in total. The summed E-state index contributed by atoms with van der Waals surface area (Å²) in [4.78, 5) is 13.0. The van der Waals surface area contributed by atoms with Gasteiger partial charge in [-0.1, -0.05) is 0 Å². The fraction of sp³-hybridized carbons (Fsp3) is 0.875. The third-order valence-electron chi connectivity index (χ3n) is 1.51. The van der Waals surface area contributed by atoms with Crippen molar-refractivity contribution in [3.63, 3.8) is 0 Å². The van der Waals surface area contributed by atoms with E-state index in [-0.39, 0.29) is 11.7 Å². The molecule has 70 valence electrons. The number of rotatable bonds is 0. The first-order valence-corrected chi connectivity index (χ1v) is 4.18. The van der Waals surface area contributed by atoms with Crippen molar-refractivity contribution in [1.82, 2.24) is 10.2 Å². The van der Waals surface area contributed by atoms with E-state index in [2.05, 4.69) is 5.32 Å². The zero-order chi connectivity index (χ0) is 9.19. The van der Waals surface area contributed by atoms with E-state index in [1.807, 2.05) is 20.8 Å². The van der Waals surface area contributed by atoms with E-state index in [9.17, 15) is 4.79 Å². The Morgan fingerprint density at radius 3 is 2.58 bits per heavy atom. The Morgan fingerprint density at radius 1 is 1.50 bits per heavy atom. The second-order valence-corrected chi connectivity index (χ2v) is 3.90. The number of hydrogen-bond acceptors (Lipinski definition) is 3. The van der Waals surface area contributed by atoms with Gasteiger partial charge in [0.05, 0.1) is 6.67 Å². The van der Waals surface area contributed by atoms with Crippen LogP contribution in [0.5, 0.6) is 0 Å². The van der Waals surface area contributed by atoms with Crippen molar-refractivity contribution in [3.05, 3.63) is 0 Å². The van der Waals surface area contributed by atoms with Crippen molar-refractivity contribution in [2.45, 2.75) is 26.4 Å². The maximum atomic E-state index is 11.3. The summed E-state index contributed by atoms with van der Waals surface area (Å²) in [5, 5.41) is 3.06. The molecule has 1 fully saturated rings. The molecule has 1 N–H and O–H groups in total. The highest BCUT2D eigenvalue weighted by molar-refractivity contribution is 5.68. The minimum Gasteiger partial charge on any atom is -0.444 e. The third-order valence-corrected chi connectivity index (χ3v) is 1.51. The predicted molar refractivity (Wildman–Crippen MR) is 45.8 cm³/mol. The van der Waals surface area contributed by atoms with Crippen LogP contribution >= 0.6 is 0 Å². The van der Waals surface area contributed by atoms with Gasteiger partial charge in [-0.2, -0.15) is 0 Å². The molecule has 0 aliphatic carbocycles. The molecule has 4 heteroatoms. The number of carbonyl (C=O) groups is 1. The van der Waals surface area contributed by atoms with Crippen molar-refractivity contribution in [3.8, 4) is 0 Å². The van der Waals surface area contributed by atoms with Crippen molar-refractivity contribution >= 4 is 6.09 Å². The van der Waals surface area contributed by atoms with Crippen LogP contribution < -0.4 is 5.32 Å². The predicted octanol–water partition coefficient (Wildman–Crippen LogP) is 0.784. The Balaban J connectivity index is 2.37. The van der Waals surface area contributed by atoms with Crippen LogP contribution in [0.3, 0.4) is 0 Å². The molecule has 0 aromatic heterocycles. The highest BCUT2D eigenvalue weighted by Crippen LogP contribution is 2.10. The van der Waals surface area contributed by atoms with Crippen molar-refractivity contribution in [2.75, 3.05) is 19.8 Å². The minimum atomic E-state index is -0.389. The average molecular weight is 172 g/mol. The Kier molecular flexibility index (Phi) is 2.57. The monoisotopic (exact) mass is 172 g/mol. The van der Waals surface area contributed by atoms with Gasteiger partial charge in [-0.25, -0.2) is 4.79 Å². The van der Waals surface area contributed by atoms with E-state index >= 15 is 0 Å². The van der Waals surface area contributed by atoms with Gasteiger partial charge in [0.2, 0.25) is 0 Å². The Morgan fingerprint density at radius 2 is 2.17 bits per heavy atom. The topological polar surface area (TPSA) is 41.6 Å². The van der Waals surface area contributed by atoms with Gasteiger partial charge in [-0.3, -0.25) is 10.2 Å². The highest BCUT2D eigenvalue weighted by Gasteiger charge is 2.23. The SMILES string of the molecule is CC(C)(C)OC(=O)N1CCNC1. The first kappa shape index (κ1) is 9.32. The van der Waals surface area contributed by atoms with Crippen LogP contribution in [0.4, 0.5) is 4.79 Å². The van der Waals surface area contributed by atoms with E-state index in [1.165, 1.54) is 0 Å². The standard InChI is InChI=1S/C8H16N2O2/c1-8(2,3)12-7(11)10-5-4-9-6-10/h9H,4-6H2,1-3H3. The van der Waals surface area contributed by atoms with Gasteiger partial charge < -0.3 is 4.74 Å². The molecule has 0 radical (unpaired) electrons. The first-order chi connectivity index (χ1) is 5.49. The average Bonchev–Trinajstić information content (AvgIpc) is 2.32. The van der Waals surface area contributed by atoms with Crippen LogP contribution in [0, 0.1) is 0 Å². The molecule has 1 rings (SSSR count). The third kappa shape index (κ3) is 2.70. The minimum absolute atomic E-state index is 0.229. The van der Waals surface area contributed by atoms with Crippen LogP contribution in [-0.2, 0) is 4.74 Å². The summed E-state index contributed by atoms with van der Waals surface area (Å²) in [7, 11) is 0. The second-order valence-electron chi connectivity index (χ2n) is 3.90. The van der Waals surface area contributed by atoms with Crippen LogP contribution in [0.25, 0.3) is 0 Å². The van der Waals surface area contributed by atoms with Gasteiger partial charge >= 0.3 is 6.09 Å². The number of nitrogens with zero attached hydrogens (tertiary/aromatic N) is 1. The summed E-state index contributed by atoms with van der Waals surface area (Å²) >= 11 is 0. The lowest BCUT2D eigenvalue weighted by molar-refractivity contribution is 0.0293. The molecule has 0 aromatic carbocycles. The highest BCUT2D eigenvalue weighted by atomic mass is 16.6. The Labute approximate surface area is 72.9 Å². The lowest BCUT2D eigenvalue weighted by atomic mass is 10.2. The fourth-order valence-corrected chi connectivity index (χ4v) is 0.989. The molecular weight excluding hydrogens is 156 g/mol. The second kappa shape index (κ2) is 3.31. The summed E-state index contributed by atoms with van der Waals surface area (Å²) in [6, 6.07) is 0. The van der Waals surface area contributed by atoms with Crippen molar-refractivity contribution in [1.29, 1.82) is 0 Å². The van der Waals surface area contributed by atoms with Gasteiger partial charge in [-0.05, 0) is 20.8 Å². The number of hydrogen-bond donors (Lipinski definition) is 1. The molecule has 1 aliphatic rings. The van der Waals surface area contributed by atoms with Gasteiger partial charge in [0.25, 0.3) is 0 Å². The molecule has 0 bridgehead atoms. The molecule has 12 heavy (non-hydrogen) atoms. The number of ether oxygens (including phenoxy) is 1. The smallest absolute Gasteiger partial charge is 0.411 e. The maximum Gasteiger partial charge on any atom is 0.411 e. The van der Waals surface area contributed by atoms with E-state index in [4.69, 9.17) is 4.74 Å². The van der Waals surface area contributed by atoms with Crippen molar-refractivity contribution in [2.24, 2.45) is 0 Å². The molecule has 0 unspecified atom stereocenters. The molecule has 1 aliphatic heterocycles. The molecule has 1 amide bonds. The van der Waals surface area contributed by atoms with Crippen LogP contribution in [0.1, 0.15) is 20.8 Å². The molecule has 1 saturated heterocycles. The molecule has 1 heterocycles. The van der Waals surface area contributed by atoms with Crippen LogP contribution in [0.15, 0.2) is 0 Å². The largest absolute Gasteiger partial charge is 0.444 e. The zero-order valence-corrected chi connectivity index (χ0v) is 7.89. The van der Waals surface area contributed by atoms with E-state index in [0.29, 0.717) is 6.67 Å². The summed E-state index contributed by atoms with van der Waals surface area (Å²) in [6.45, 7) is 7.82. The quantitative estimate of drug-likeness (QED) is 0.587. The normalized spacial score (nSPS) is 18.1. The van der Waals surface area contributed by atoms with E-state index in [0.717, 1.165) is 13.1 Å². The molecule has 0 saturated carbocycles. The van der Waals surface area contributed by atoms with Gasteiger partial charge in [0, 0.05) is 13.1 Å². The fourth-order valence-electron chi connectivity index (χ4n) is 0.989. The summed E-state index contributed by atoms with van der Waals surface area (Å²) in [5.41, 5.74) is -0.389. The number of nitrogens with one attached hydrogen (secondary N) is 1. The van der Waals surface area contributed by atoms with Gasteiger partial charge in [0.15, 0.2) is 0 Å². The number of amides is 1. The van der Waals surface area contributed by atoms with Crippen molar-refractivity contribution < 1.29 is 9.53 Å². The van der Waals surface area contributed by atoms with E-state index in [1.54, 1.807) is 4.90 Å². The Bertz CT molecular complexity index is 168. The van der Waals surface area contributed by atoms with Crippen LogP contribution in [0.2, 0.25) is 0 Å². The Hall–Kier alpha value is -0.770. The molecular formula is C8H16N2O2. The van der Waals surface area contributed by atoms with Crippen LogP contribution in [-0.4, -0.2) is 36.4 Å². The molecule has 0 atom stereocenters. The van der Waals surface area contributed by atoms with E-state index < -0.39 is 0 Å². The number of carbonyl (C=O) groups excluding carboxylic acids is 1. The zero-order valence-electron chi connectivity index (χ0n) is 7.89.